The molecule has 0 radical (unpaired) electrons. The van der Waals surface area contributed by atoms with E-state index in [2.05, 4.69) is 12.6 Å². The maximum atomic E-state index is 10.6. The third-order valence-corrected chi connectivity index (χ3v) is 2.46. The van der Waals surface area contributed by atoms with E-state index in [1.165, 1.54) is 12.1 Å². The Morgan fingerprint density at radius 1 is 1.62 bits per heavy atom. The minimum absolute atomic E-state index is 0.00474. The number of benzene rings is 1. The zero-order valence-electron chi connectivity index (χ0n) is 6.28. The fraction of sp³-hybridized carbons (Fsp3) is 0. The van der Waals surface area contributed by atoms with Gasteiger partial charge in [-0.25, -0.2) is 4.79 Å². The smallest absolute Gasteiger partial charge is 0.337 e. The van der Waals surface area contributed by atoms with Gasteiger partial charge in [-0.05, 0) is 12.1 Å². The number of nitrogens with zero attached hydrogens (tertiary/aromatic N) is 1. The number of hydrogen-bond acceptors (Lipinski definition) is 3. The number of carboxylic acid groups (broad SMARTS) is 1. The molecule has 0 saturated carbocycles. The molecule has 66 valence electrons. The number of rotatable bonds is 1. The van der Waals surface area contributed by atoms with Crippen LogP contribution in [0.15, 0.2) is 17.0 Å². The van der Waals surface area contributed by atoms with Gasteiger partial charge in [0.25, 0.3) is 0 Å². The lowest BCUT2D eigenvalue weighted by molar-refractivity contribution is 0.0697. The highest BCUT2D eigenvalue weighted by Crippen LogP contribution is 2.27. The minimum Gasteiger partial charge on any atom is -0.478 e. The summed E-state index contributed by atoms with van der Waals surface area (Å²) in [6, 6.07) is 4.50. The monoisotopic (exact) mass is 213 g/mol. The normalized spacial score (nSPS) is 9.31. The molecule has 0 unspecified atom stereocenters. The maximum Gasteiger partial charge on any atom is 0.337 e. The van der Waals surface area contributed by atoms with Crippen LogP contribution in [-0.2, 0) is 0 Å². The topological polar surface area (TPSA) is 61.1 Å². The van der Waals surface area contributed by atoms with Gasteiger partial charge in [0, 0.05) is 4.90 Å². The van der Waals surface area contributed by atoms with E-state index in [0.717, 1.165) is 0 Å². The third kappa shape index (κ3) is 1.77. The predicted molar refractivity (Wildman–Crippen MR) is 50.4 cm³/mol. The fourth-order valence-electron chi connectivity index (χ4n) is 0.820. The van der Waals surface area contributed by atoms with E-state index in [0.29, 0.717) is 0 Å². The van der Waals surface area contributed by atoms with Gasteiger partial charge in [-0.15, -0.1) is 12.6 Å². The molecule has 0 aliphatic heterocycles. The van der Waals surface area contributed by atoms with Crippen molar-refractivity contribution in [3.63, 3.8) is 0 Å². The molecule has 1 aromatic rings. The first kappa shape index (κ1) is 9.90. The minimum atomic E-state index is -1.13. The number of hydrogen-bond donors (Lipinski definition) is 2. The van der Waals surface area contributed by atoms with Crippen LogP contribution in [0.4, 0.5) is 0 Å². The highest BCUT2D eigenvalue weighted by Gasteiger charge is 2.13. The first-order valence-electron chi connectivity index (χ1n) is 3.22. The summed E-state index contributed by atoms with van der Waals surface area (Å²) in [6.45, 7) is 0. The van der Waals surface area contributed by atoms with E-state index in [-0.39, 0.29) is 21.0 Å². The number of carboxylic acids is 1. The number of carbonyl (C=O) groups is 1. The van der Waals surface area contributed by atoms with Gasteiger partial charge in [-0.1, -0.05) is 11.6 Å². The zero-order valence-corrected chi connectivity index (χ0v) is 7.93. The van der Waals surface area contributed by atoms with Crippen LogP contribution in [0.5, 0.6) is 0 Å². The van der Waals surface area contributed by atoms with Crippen LogP contribution >= 0.6 is 24.2 Å². The molecule has 0 saturated heterocycles. The lowest BCUT2D eigenvalue weighted by Crippen LogP contribution is -1.98. The second kappa shape index (κ2) is 3.69. The molecule has 0 bridgehead atoms. The van der Waals surface area contributed by atoms with Crippen LogP contribution < -0.4 is 0 Å². The standard InChI is InChI=1S/C8H4ClNO2S/c9-6-5(8(11)12)2-1-4(3-10)7(6)13/h1-2,13H,(H,11,12). The molecule has 1 N–H and O–H groups in total. The van der Waals surface area contributed by atoms with Gasteiger partial charge >= 0.3 is 5.97 Å². The van der Waals surface area contributed by atoms with Crippen LogP contribution in [0.2, 0.25) is 5.02 Å². The van der Waals surface area contributed by atoms with Crippen molar-refractivity contribution in [2.45, 2.75) is 4.90 Å². The van der Waals surface area contributed by atoms with Crippen molar-refractivity contribution in [3.8, 4) is 6.07 Å². The second-order valence-corrected chi connectivity index (χ2v) is 3.07. The maximum absolute atomic E-state index is 10.6. The Kier molecular flexibility index (Phi) is 2.81. The average Bonchev–Trinajstić information content (AvgIpc) is 2.09. The Balaban J connectivity index is 3.42. The fourth-order valence-corrected chi connectivity index (χ4v) is 1.31. The summed E-state index contributed by atoms with van der Waals surface area (Å²) < 4.78 is 0. The Morgan fingerprint density at radius 2 is 2.23 bits per heavy atom. The number of aromatic carboxylic acids is 1. The van der Waals surface area contributed by atoms with Crippen LogP contribution in [-0.4, -0.2) is 11.1 Å². The summed E-state index contributed by atoms with van der Waals surface area (Å²) in [7, 11) is 0. The molecule has 0 aliphatic carbocycles. The molecule has 0 amide bonds. The van der Waals surface area contributed by atoms with Crippen molar-refractivity contribution >= 4 is 30.2 Å². The lowest BCUT2D eigenvalue weighted by atomic mass is 10.1. The van der Waals surface area contributed by atoms with Crippen molar-refractivity contribution in [1.82, 2.24) is 0 Å². The third-order valence-electron chi connectivity index (χ3n) is 1.47. The summed E-state index contributed by atoms with van der Waals surface area (Å²) in [4.78, 5) is 10.8. The molecule has 0 aliphatic rings. The first-order valence-corrected chi connectivity index (χ1v) is 4.05. The van der Waals surface area contributed by atoms with E-state index in [1.54, 1.807) is 0 Å². The van der Waals surface area contributed by atoms with E-state index < -0.39 is 5.97 Å². The van der Waals surface area contributed by atoms with Crippen molar-refractivity contribution in [2.75, 3.05) is 0 Å². The molecular formula is C8H4ClNO2S. The van der Waals surface area contributed by atoms with E-state index >= 15 is 0 Å². The summed E-state index contributed by atoms with van der Waals surface area (Å²) in [5.41, 5.74) is 0.212. The predicted octanol–water partition coefficient (Wildman–Crippen LogP) is 2.20. The number of thiol groups is 1. The first-order chi connectivity index (χ1) is 6.07. The van der Waals surface area contributed by atoms with Crippen LogP contribution in [0, 0.1) is 11.3 Å². The Bertz CT molecular complexity index is 411. The molecule has 0 spiro atoms. The lowest BCUT2D eigenvalue weighted by Gasteiger charge is -2.02. The van der Waals surface area contributed by atoms with Crippen molar-refractivity contribution in [2.24, 2.45) is 0 Å². The van der Waals surface area contributed by atoms with Gasteiger partial charge in [-0.2, -0.15) is 5.26 Å². The highest BCUT2D eigenvalue weighted by molar-refractivity contribution is 7.80. The zero-order chi connectivity index (χ0) is 10.0. The molecule has 3 nitrogen and oxygen atoms in total. The highest BCUT2D eigenvalue weighted by atomic mass is 35.5. The average molecular weight is 214 g/mol. The summed E-state index contributed by atoms with van der Waals surface area (Å²) in [5, 5.41) is 17.2. The van der Waals surface area contributed by atoms with Crippen LogP contribution in [0.3, 0.4) is 0 Å². The summed E-state index contributed by atoms with van der Waals surface area (Å²) in [5.74, 6) is -1.13. The van der Waals surface area contributed by atoms with E-state index in [1.807, 2.05) is 6.07 Å². The Hall–Kier alpha value is -1.18. The molecule has 0 aromatic heterocycles. The molecule has 1 aromatic carbocycles. The molecule has 0 heterocycles. The molecule has 0 atom stereocenters. The van der Waals surface area contributed by atoms with Crippen molar-refractivity contribution in [1.29, 1.82) is 5.26 Å². The molecule has 5 heteroatoms. The van der Waals surface area contributed by atoms with Gasteiger partial charge in [0.2, 0.25) is 0 Å². The molecule has 1 rings (SSSR count). The quantitative estimate of drug-likeness (QED) is 0.703. The SMILES string of the molecule is N#Cc1ccc(C(=O)O)c(Cl)c1S. The van der Waals surface area contributed by atoms with E-state index in [9.17, 15) is 4.79 Å². The van der Waals surface area contributed by atoms with Gasteiger partial charge < -0.3 is 5.11 Å². The van der Waals surface area contributed by atoms with Crippen LogP contribution in [0.25, 0.3) is 0 Å². The van der Waals surface area contributed by atoms with Gasteiger partial charge in [0.1, 0.15) is 6.07 Å². The second-order valence-electron chi connectivity index (χ2n) is 2.24. The van der Waals surface area contributed by atoms with Crippen molar-refractivity contribution < 1.29 is 9.90 Å². The van der Waals surface area contributed by atoms with E-state index in [4.69, 9.17) is 22.0 Å². The Morgan fingerprint density at radius 3 is 2.69 bits per heavy atom. The number of nitriles is 1. The Labute approximate surface area is 85.0 Å². The van der Waals surface area contributed by atoms with Gasteiger partial charge in [0.15, 0.2) is 0 Å². The van der Waals surface area contributed by atoms with Gasteiger partial charge in [-0.3, -0.25) is 0 Å². The van der Waals surface area contributed by atoms with Crippen molar-refractivity contribution in [3.05, 3.63) is 28.3 Å². The summed E-state index contributed by atoms with van der Waals surface area (Å²) >= 11 is 9.60. The molecule has 0 fully saturated rings. The largest absolute Gasteiger partial charge is 0.478 e. The van der Waals surface area contributed by atoms with Gasteiger partial charge in [0.05, 0.1) is 16.1 Å². The van der Waals surface area contributed by atoms with Crippen LogP contribution in [0.1, 0.15) is 15.9 Å². The summed E-state index contributed by atoms with van der Waals surface area (Å²) in [6.07, 6.45) is 0. The number of halogens is 1. The molecular weight excluding hydrogens is 210 g/mol. The molecule has 13 heavy (non-hydrogen) atoms.